The van der Waals surface area contributed by atoms with Gasteiger partial charge in [-0.2, -0.15) is 0 Å². The molecule has 2 heterocycles. The van der Waals surface area contributed by atoms with E-state index in [1.165, 1.54) is 0 Å². The number of carbonyl (C=O) groups excluding carboxylic acids is 1. The first kappa shape index (κ1) is 18.1. The smallest absolute Gasteiger partial charge is 0.319 e. The second kappa shape index (κ2) is 8.59. The minimum absolute atomic E-state index is 0.0954. The number of nitrogens with one attached hydrogen (secondary N) is 2. The number of ether oxygens (including phenoxy) is 1. The number of benzene rings is 1. The highest BCUT2D eigenvalue weighted by Gasteiger charge is 2.20. The second-order valence-electron chi connectivity index (χ2n) is 6.04. The van der Waals surface area contributed by atoms with Gasteiger partial charge >= 0.3 is 6.03 Å². The number of aromatic nitrogens is 2. The van der Waals surface area contributed by atoms with Crippen molar-refractivity contribution in [2.45, 2.75) is 13.0 Å². The fourth-order valence-corrected chi connectivity index (χ4v) is 2.76. The zero-order valence-electron chi connectivity index (χ0n) is 14.7. The zero-order chi connectivity index (χ0) is 18.4. The van der Waals surface area contributed by atoms with E-state index in [1.54, 1.807) is 18.3 Å². The fraction of sp³-hybridized carbons (Fsp3) is 0.389. The summed E-state index contributed by atoms with van der Waals surface area (Å²) < 4.78 is 5.48. The highest BCUT2D eigenvalue weighted by molar-refractivity contribution is 5.89. The monoisotopic (exact) mass is 357 g/mol. The molecule has 1 fully saturated rings. The molecule has 1 aliphatic rings. The van der Waals surface area contributed by atoms with Crippen molar-refractivity contribution in [2.24, 2.45) is 0 Å². The molecule has 1 aliphatic heterocycles. The van der Waals surface area contributed by atoms with Crippen LogP contribution < -0.4 is 15.5 Å². The third-order valence-corrected chi connectivity index (χ3v) is 4.10. The lowest BCUT2D eigenvalue weighted by Crippen LogP contribution is -2.44. The number of nitrogens with zero attached hydrogens (tertiary/aromatic N) is 3. The van der Waals surface area contributed by atoms with Crippen molar-refractivity contribution in [1.82, 2.24) is 15.3 Å². The van der Waals surface area contributed by atoms with Crippen LogP contribution >= 0.6 is 0 Å². The first-order chi connectivity index (χ1) is 12.7. The lowest BCUT2D eigenvalue weighted by atomic mass is 10.2. The molecule has 0 saturated carbocycles. The second-order valence-corrected chi connectivity index (χ2v) is 6.04. The summed E-state index contributed by atoms with van der Waals surface area (Å²) in [6, 6.07) is 9.14. The normalized spacial score (nSPS) is 17.0. The number of amides is 2. The van der Waals surface area contributed by atoms with Gasteiger partial charge in [-0.1, -0.05) is 0 Å². The largest absolute Gasteiger partial charge is 0.395 e. The van der Waals surface area contributed by atoms with E-state index in [0.29, 0.717) is 24.7 Å². The van der Waals surface area contributed by atoms with E-state index in [2.05, 4.69) is 32.4 Å². The third kappa shape index (κ3) is 4.47. The third-order valence-electron chi connectivity index (χ3n) is 4.10. The minimum Gasteiger partial charge on any atom is -0.395 e. The average molecular weight is 357 g/mol. The number of morpholine rings is 1. The predicted octanol–water partition coefficient (Wildman–Crippen LogP) is 1.48. The summed E-state index contributed by atoms with van der Waals surface area (Å²) in [5.74, 6) is 1.52. The van der Waals surface area contributed by atoms with Gasteiger partial charge in [0.25, 0.3) is 0 Å². The van der Waals surface area contributed by atoms with Crippen LogP contribution in [0.3, 0.4) is 0 Å². The van der Waals surface area contributed by atoms with E-state index >= 15 is 0 Å². The van der Waals surface area contributed by atoms with E-state index in [9.17, 15) is 4.79 Å². The van der Waals surface area contributed by atoms with Crippen LogP contribution in [0.25, 0.3) is 11.4 Å². The molecule has 26 heavy (non-hydrogen) atoms. The molecule has 1 aromatic carbocycles. The van der Waals surface area contributed by atoms with Gasteiger partial charge in [0.05, 0.1) is 25.9 Å². The van der Waals surface area contributed by atoms with Crippen molar-refractivity contribution in [3.8, 4) is 11.4 Å². The maximum absolute atomic E-state index is 11.6. The molecule has 0 bridgehead atoms. The lowest BCUT2D eigenvalue weighted by Gasteiger charge is -2.34. The summed E-state index contributed by atoms with van der Waals surface area (Å²) in [5.41, 5.74) is 1.52. The van der Waals surface area contributed by atoms with Gasteiger partial charge < -0.3 is 25.4 Å². The molecule has 8 heteroatoms. The standard InChI is InChI=1S/C18H23N5O3/c1-13-12-26-11-9-23(13)16-6-7-19-17(22-16)14-2-4-15(5-3-14)21-18(25)20-8-10-24/h2-7,13,24H,8-12H2,1H3,(H2,20,21,25). The number of aliphatic hydroxyl groups is 1. The van der Waals surface area contributed by atoms with E-state index in [1.807, 2.05) is 18.2 Å². The zero-order valence-corrected chi connectivity index (χ0v) is 14.7. The van der Waals surface area contributed by atoms with Crippen molar-refractivity contribution >= 4 is 17.5 Å². The van der Waals surface area contributed by atoms with Crippen LogP contribution in [0, 0.1) is 0 Å². The summed E-state index contributed by atoms with van der Waals surface area (Å²) >= 11 is 0. The van der Waals surface area contributed by atoms with E-state index in [4.69, 9.17) is 9.84 Å². The highest BCUT2D eigenvalue weighted by atomic mass is 16.5. The molecule has 3 rings (SSSR count). The maximum atomic E-state index is 11.6. The van der Waals surface area contributed by atoms with Gasteiger partial charge in [0.2, 0.25) is 0 Å². The molecular weight excluding hydrogens is 334 g/mol. The SMILES string of the molecule is CC1COCCN1c1ccnc(-c2ccc(NC(=O)NCCO)cc2)n1. The molecule has 1 saturated heterocycles. The van der Waals surface area contributed by atoms with Crippen molar-refractivity contribution in [1.29, 1.82) is 0 Å². The number of hydrogen-bond acceptors (Lipinski definition) is 6. The van der Waals surface area contributed by atoms with Crippen LogP contribution in [0.4, 0.5) is 16.3 Å². The van der Waals surface area contributed by atoms with Crippen LogP contribution in [0.2, 0.25) is 0 Å². The molecule has 1 unspecified atom stereocenters. The first-order valence-corrected chi connectivity index (χ1v) is 8.61. The van der Waals surface area contributed by atoms with Crippen LogP contribution in [0.1, 0.15) is 6.92 Å². The van der Waals surface area contributed by atoms with Crippen molar-refractivity contribution in [3.05, 3.63) is 36.5 Å². The maximum Gasteiger partial charge on any atom is 0.319 e. The van der Waals surface area contributed by atoms with Crippen LogP contribution in [0.15, 0.2) is 36.5 Å². The number of carbonyl (C=O) groups is 1. The van der Waals surface area contributed by atoms with Crippen LogP contribution in [-0.4, -0.2) is 60.1 Å². The summed E-state index contributed by atoms with van der Waals surface area (Å²) in [5, 5.41) is 13.9. The number of rotatable bonds is 5. The molecule has 1 aromatic heterocycles. The quantitative estimate of drug-likeness (QED) is 0.750. The Labute approximate surface area is 152 Å². The Morgan fingerprint density at radius 2 is 2.15 bits per heavy atom. The fourth-order valence-electron chi connectivity index (χ4n) is 2.76. The Morgan fingerprint density at radius 1 is 1.35 bits per heavy atom. The van der Waals surface area contributed by atoms with Gasteiger partial charge in [0.15, 0.2) is 5.82 Å². The highest BCUT2D eigenvalue weighted by Crippen LogP contribution is 2.22. The molecule has 0 spiro atoms. The van der Waals surface area contributed by atoms with Crippen molar-refractivity contribution in [3.63, 3.8) is 0 Å². The average Bonchev–Trinajstić information content (AvgIpc) is 2.67. The Balaban J connectivity index is 1.71. The summed E-state index contributed by atoms with van der Waals surface area (Å²) in [4.78, 5) is 22.9. The topological polar surface area (TPSA) is 99.6 Å². The summed E-state index contributed by atoms with van der Waals surface area (Å²) in [6.07, 6.45) is 1.76. The van der Waals surface area contributed by atoms with Gasteiger partial charge in [-0.05, 0) is 37.3 Å². The number of aliphatic hydroxyl groups excluding tert-OH is 1. The van der Waals surface area contributed by atoms with E-state index < -0.39 is 0 Å². The molecule has 2 aromatic rings. The van der Waals surface area contributed by atoms with Gasteiger partial charge in [-0.25, -0.2) is 14.8 Å². The minimum atomic E-state index is -0.355. The number of urea groups is 1. The van der Waals surface area contributed by atoms with Gasteiger partial charge in [-0.3, -0.25) is 0 Å². The molecular formula is C18H23N5O3. The Morgan fingerprint density at radius 3 is 2.88 bits per heavy atom. The first-order valence-electron chi connectivity index (χ1n) is 8.61. The molecule has 0 aliphatic carbocycles. The van der Waals surface area contributed by atoms with Gasteiger partial charge in [0, 0.05) is 30.5 Å². The molecule has 1 atom stereocenters. The Kier molecular flexibility index (Phi) is 5.98. The molecule has 2 amide bonds. The summed E-state index contributed by atoms with van der Waals surface area (Å²) in [6.45, 7) is 4.43. The van der Waals surface area contributed by atoms with Crippen LogP contribution in [-0.2, 0) is 4.74 Å². The van der Waals surface area contributed by atoms with E-state index in [0.717, 1.165) is 17.9 Å². The molecule has 138 valence electrons. The predicted molar refractivity (Wildman–Crippen MR) is 99.2 cm³/mol. The Bertz CT molecular complexity index is 738. The van der Waals surface area contributed by atoms with Crippen molar-refractivity contribution in [2.75, 3.05) is 43.1 Å². The number of hydrogen-bond donors (Lipinski definition) is 3. The summed E-state index contributed by atoms with van der Waals surface area (Å²) in [7, 11) is 0. The van der Waals surface area contributed by atoms with Gasteiger partial charge in [0.1, 0.15) is 5.82 Å². The number of anilines is 2. The molecule has 8 nitrogen and oxygen atoms in total. The van der Waals surface area contributed by atoms with E-state index in [-0.39, 0.29) is 25.2 Å². The molecule has 3 N–H and O–H groups in total. The van der Waals surface area contributed by atoms with Crippen molar-refractivity contribution < 1.29 is 14.6 Å². The van der Waals surface area contributed by atoms with Gasteiger partial charge in [-0.15, -0.1) is 0 Å². The van der Waals surface area contributed by atoms with Crippen LogP contribution in [0.5, 0.6) is 0 Å². The molecule has 0 radical (unpaired) electrons. The Hall–Kier alpha value is -2.71. The lowest BCUT2D eigenvalue weighted by molar-refractivity contribution is 0.0985.